The fourth-order valence-corrected chi connectivity index (χ4v) is 1.63. The molecule has 5 nitrogen and oxygen atoms in total. The molecule has 0 saturated heterocycles. The Kier molecular flexibility index (Phi) is 6.03. The van der Waals surface area contributed by atoms with Gasteiger partial charge in [0.15, 0.2) is 0 Å². The molecule has 20 heavy (non-hydrogen) atoms. The molecule has 0 saturated carbocycles. The fourth-order valence-electron chi connectivity index (χ4n) is 1.63. The first-order valence-electron chi connectivity index (χ1n) is 6.77. The van der Waals surface area contributed by atoms with Crippen LogP contribution in [0.5, 0.6) is 0 Å². The molecule has 1 aromatic carbocycles. The second-order valence-corrected chi connectivity index (χ2v) is 5.20. The van der Waals surface area contributed by atoms with E-state index in [4.69, 9.17) is 5.11 Å². The Labute approximate surface area is 119 Å². The van der Waals surface area contributed by atoms with Gasteiger partial charge in [-0.05, 0) is 37.6 Å². The number of carboxylic acids is 1. The summed E-state index contributed by atoms with van der Waals surface area (Å²) in [6, 6.07) is 7.47. The summed E-state index contributed by atoms with van der Waals surface area (Å²) in [6.45, 7) is 5.63. The van der Waals surface area contributed by atoms with Crippen LogP contribution in [0, 0.1) is 5.92 Å². The van der Waals surface area contributed by atoms with Crippen molar-refractivity contribution in [2.45, 2.75) is 39.7 Å². The molecule has 0 radical (unpaired) electrons. The smallest absolute Gasteiger partial charge is 0.303 e. The van der Waals surface area contributed by atoms with Gasteiger partial charge in [-0.2, -0.15) is 0 Å². The molecule has 0 bridgehead atoms. The van der Waals surface area contributed by atoms with Gasteiger partial charge in [0, 0.05) is 29.8 Å². The van der Waals surface area contributed by atoms with Crippen LogP contribution in [0.2, 0.25) is 0 Å². The summed E-state index contributed by atoms with van der Waals surface area (Å²) in [7, 11) is 0. The molecule has 1 aromatic rings. The van der Waals surface area contributed by atoms with Crippen LogP contribution >= 0.6 is 0 Å². The van der Waals surface area contributed by atoms with Crippen LogP contribution in [-0.4, -0.2) is 23.0 Å². The van der Waals surface area contributed by atoms with Crippen LogP contribution in [0.3, 0.4) is 0 Å². The number of amides is 1. The third kappa shape index (κ3) is 5.73. The predicted molar refractivity (Wildman–Crippen MR) is 79.9 cm³/mol. The van der Waals surface area contributed by atoms with Crippen molar-refractivity contribution in [2.75, 3.05) is 10.6 Å². The maximum atomic E-state index is 11.5. The molecule has 0 aromatic heterocycles. The van der Waals surface area contributed by atoms with E-state index in [1.165, 1.54) is 0 Å². The first-order valence-corrected chi connectivity index (χ1v) is 6.77. The number of benzene rings is 1. The van der Waals surface area contributed by atoms with E-state index in [-0.39, 0.29) is 24.3 Å². The predicted octanol–water partition coefficient (Wildman–Crippen LogP) is 2.95. The minimum atomic E-state index is -0.787. The normalized spacial score (nSPS) is 12.0. The van der Waals surface area contributed by atoms with E-state index in [2.05, 4.69) is 10.6 Å². The maximum absolute atomic E-state index is 11.5. The molecule has 1 atom stereocenters. The van der Waals surface area contributed by atoms with E-state index in [9.17, 15) is 9.59 Å². The first kappa shape index (κ1) is 16.0. The summed E-state index contributed by atoms with van der Waals surface area (Å²) in [6.07, 6.45) is 0.720. The lowest BCUT2D eigenvalue weighted by Crippen LogP contribution is -2.18. The zero-order valence-corrected chi connectivity index (χ0v) is 12.1. The van der Waals surface area contributed by atoms with Gasteiger partial charge in [0.05, 0.1) is 0 Å². The van der Waals surface area contributed by atoms with Gasteiger partial charge in [-0.15, -0.1) is 0 Å². The Bertz CT molecular complexity index is 455. The molecular formula is C15H22N2O3. The highest BCUT2D eigenvalue weighted by atomic mass is 16.4. The first-order chi connectivity index (χ1) is 9.38. The molecule has 0 heterocycles. The average Bonchev–Trinajstić information content (AvgIpc) is 2.38. The van der Waals surface area contributed by atoms with Crippen LogP contribution in [-0.2, 0) is 9.59 Å². The second kappa shape index (κ2) is 7.53. The zero-order valence-electron chi connectivity index (χ0n) is 12.1. The van der Waals surface area contributed by atoms with Crippen LogP contribution in [0.15, 0.2) is 24.3 Å². The maximum Gasteiger partial charge on any atom is 0.303 e. The van der Waals surface area contributed by atoms with E-state index in [0.717, 1.165) is 11.4 Å². The van der Waals surface area contributed by atoms with Crippen molar-refractivity contribution >= 4 is 23.3 Å². The highest BCUT2D eigenvalue weighted by Gasteiger charge is 2.08. The largest absolute Gasteiger partial charge is 0.481 e. The fraction of sp³-hybridized carbons (Fsp3) is 0.467. The number of aliphatic carboxylic acids is 1. The Morgan fingerprint density at radius 3 is 2.15 bits per heavy atom. The lowest BCUT2D eigenvalue weighted by molar-refractivity contribution is -0.137. The van der Waals surface area contributed by atoms with E-state index >= 15 is 0 Å². The van der Waals surface area contributed by atoms with Gasteiger partial charge in [0.25, 0.3) is 0 Å². The van der Waals surface area contributed by atoms with Gasteiger partial charge in [0.2, 0.25) is 5.91 Å². The van der Waals surface area contributed by atoms with Crippen molar-refractivity contribution in [3.05, 3.63) is 24.3 Å². The van der Waals surface area contributed by atoms with Crippen molar-refractivity contribution in [1.82, 2.24) is 0 Å². The molecule has 110 valence electrons. The van der Waals surface area contributed by atoms with Crippen LogP contribution in [0.1, 0.15) is 33.6 Å². The van der Waals surface area contributed by atoms with Crippen molar-refractivity contribution < 1.29 is 14.7 Å². The monoisotopic (exact) mass is 278 g/mol. The summed E-state index contributed by atoms with van der Waals surface area (Å²) < 4.78 is 0. The third-order valence-electron chi connectivity index (χ3n) is 2.88. The zero-order chi connectivity index (χ0) is 15.1. The quantitative estimate of drug-likeness (QED) is 0.716. The second-order valence-electron chi connectivity index (χ2n) is 5.20. The summed E-state index contributed by atoms with van der Waals surface area (Å²) in [5.41, 5.74) is 1.66. The summed E-state index contributed by atoms with van der Waals surface area (Å²) in [5, 5.41) is 14.7. The van der Waals surface area contributed by atoms with Gasteiger partial charge in [-0.3, -0.25) is 9.59 Å². The van der Waals surface area contributed by atoms with Crippen molar-refractivity contribution in [2.24, 2.45) is 5.92 Å². The van der Waals surface area contributed by atoms with Crippen molar-refractivity contribution in [3.8, 4) is 0 Å². The van der Waals surface area contributed by atoms with Crippen molar-refractivity contribution in [1.29, 1.82) is 0 Å². The Balaban J connectivity index is 2.50. The number of anilines is 2. The number of nitrogens with one attached hydrogen (secondary N) is 2. The highest BCUT2D eigenvalue weighted by molar-refractivity contribution is 5.92. The molecule has 5 heteroatoms. The molecule has 0 aliphatic carbocycles. The van der Waals surface area contributed by atoms with Crippen LogP contribution in [0.4, 0.5) is 11.4 Å². The molecule has 0 aliphatic heterocycles. The van der Waals surface area contributed by atoms with E-state index in [1.54, 1.807) is 0 Å². The van der Waals surface area contributed by atoms with Gasteiger partial charge < -0.3 is 15.7 Å². The molecule has 1 amide bonds. The topological polar surface area (TPSA) is 78.4 Å². The van der Waals surface area contributed by atoms with E-state index < -0.39 is 5.97 Å². The van der Waals surface area contributed by atoms with Crippen LogP contribution < -0.4 is 10.6 Å². The number of rotatable bonds is 7. The number of carbonyl (C=O) groups excluding carboxylic acids is 1. The number of hydrogen-bond acceptors (Lipinski definition) is 3. The molecule has 1 rings (SSSR count). The molecular weight excluding hydrogens is 256 g/mol. The number of carboxylic acid groups (broad SMARTS) is 1. The Hall–Kier alpha value is -2.04. The summed E-state index contributed by atoms with van der Waals surface area (Å²) >= 11 is 0. The van der Waals surface area contributed by atoms with Crippen molar-refractivity contribution in [3.63, 3.8) is 0 Å². The van der Waals surface area contributed by atoms with Gasteiger partial charge in [-0.1, -0.05) is 13.8 Å². The summed E-state index contributed by atoms with van der Waals surface area (Å²) in [4.78, 5) is 22.0. The molecule has 0 aliphatic rings. The minimum Gasteiger partial charge on any atom is -0.481 e. The van der Waals surface area contributed by atoms with Crippen LogP contribution in [0.25, 0.3) is 0 Å². The third-order valence-corrected chi connectivity index (χ3v) is 2.88. The van der Waals surface area contributed by atoms with Gasteiger partial charge >= 0.3 is 5.97 Å². The highest BCUT2D eigenvalue weighted by Crippen LogP contribution is 2.16. The molecule has 0 fully saturated rings. The summed E-state index contributed by atoms with van der Waals surface area (Å²) in [5.74, 6) is -0.852. The molecule has 3 N–H and O–H groups in total. The molecule has 1 unspecified atom stereocenters. The minimum absolute atomic E-state index is 0.0134. The standard InChI is InChI=1S/C15H22N2O3/c1-10(2)15(20)17-13-7-5-12(6-8-13)16-11(3)4-9-14(18)19/h5-8,10-11,16H,4,9H2,1-3H3,(H,17,20)(H,18,19). The lowest BCUT2D eigenvalue weighted by Gasteiger charge is -2.15. The van der Waals surface area contributed by atoms with E-state index in [1.807, 2.05) is 45.0 Å². The Morgan fingerprint density at radius 2 is 1.65 bits per heavy atom. The van der Waals surface area contributed by atoms with Gasteiger partial charge in [-0.25, -0.2) is 0 Å². The average molecular weight is 278 g/mol. The number of carbonyl (C=O) groups is 2. The Morgan fingerprint density at radius 1 is 1.10 bits per heavy atom. The van der Waals surface area contributed by atoms with E-state index in [0.29, 0.717) is 6.42 Å². The SMILES string of the molecule is CC(CCC(=O)O)Nc1ccc(NC(=O)C(C)C)cc1. The number of hydrogen-bond donors (Lipinski definition) is 3. The molecule has 0 spiro atoms. The lowest BCUT2D eigenvalue weighted by atomic mass is 10.1. The van der Waals surface area contributed by atoms with Gasteiger partial charge in [0.1, 0.15) is 0 Å².